The van der Waals surface area contributed by atoms with Crippen molar-refractivity contribution in [3.8, 4) is 6.07 Å². The zero-order valence-corrected chi connectivity index (χ0v) is 13.2. The lowest BCUT2D eigenvalue weighted by molar-refractivity contribution is -0.122. The van der Waals surface area contributed by atoms with Crippen LogP contribution < -0.4 is 5.32 Å². The smallest absolute Gasteiger partial charge is 0.245 e. The molecule has 22 heavy (non-hydrogen) atoms. The summed E-state index contributed by atoms with van der Waals surface area (Å²) in [4.78, 5) is 24.3. The van der Waals surface area contributed by atoms with Gasteiger partial charge in [0.2, 0.25) is 5.91 Å². The SMILES string of the molecule is N#C[C@@H](C(=O)NCc1ccccc1)C(=O)c1ccc(Br)cc1. The number of hydrogen-bond acceptors (Lipinski definition) is 3. The van der Waals surface area contributed by atoms with Gasteiger partial charge in [-0.25, -0.2) is 0 Å². The van der Waals surface area contributed by atoms with Gasteiger partial charge in [0.25, 0.3) is 0 Å². The van der Waals surface area contributed by atoms with Crippen LogP contribution in [0.2, 0.25) is 0 Å². The molecular weight excluding hydrogens is 344 g/mol. The number of carbonyl (C=O) groups is 2. The Labute approximate surface area is 136 Å². The third-order valence-corrected chi connectivity index (χ3v) is 3.62. The normalized spacial score (nSPS) is 11.3. The van der Waals surface area contributed by atoms with Crippen molar-refractivity contribution in [3.63, 3.8) is 0 Å². The topological polar surface area (TPSA) is 70.0 Å². The number of rotatable bonds is 5. The van der Waals surface area contributed by atoms with Crippen LogP contribution in [0.25, 0.3) is 0 Å². The molecule has 0 aromatic heterocycles. The molecule has 0 bridgehead atoms. The third kappa shape index (κ3) is 4.03. The van der Waals surface area contributed by atoms with E-state index < -0.39 is 17.6 Å². The fraction of sp³-hybridized carbons (Fsp3) is 0.118. The summed E-state index contributed by atoms with van der Waals surface area (Å²) in [5.74, 6) is -2.43. The Morgan fingerprint density at radius 3 is 2.32 bits per heavy atom. The molecule has 0 aliphatic carbocycles. The minimum absolute atomic E-state index is 0.283. The molecule has 0 aliphatic rings. The maximum Gasteiger partial charge on any atom is 0.245 e. The summed E-state index contributed by atoms with van der Waals surface area (Å²) < 4.78 is 0.825. The highest BCUT2D eigenvalue weighted by Crippen LogP contribution is 2.14. The van der Waals surface area contributed by atoms with Crippen molar-refractivity contribution >= 4 is 27.6 Å². The average molecular weight is 357 g/mol. The number of hydrogen-bond donors (Lipinski definition) is 1. The lowest BCUT2D eigenvalue weighted by atomic mass is 9.98. The van der Waals surface area contributed by atoms with Gasteiger partial charge in [-0.2, -0.15) is 5.26 Å². The molecule has 0 saturated heterocycles. The van der Waals surface area contributed by atoms with Gasteiger partial charge in [0, 0.05) is 16.6 Å². The van der Waals surface area contributed by atoms with Crippen LogP contribution in [-0.2, 0) is 11.3 Å². The molecule has 0 fully saturated rings. The van der Waals surface area contributed by atoms with E-state index >= 15 is 0 Å². The van der Waals surface area contributed by atoms with Gasteiger partial charge < -0.3 is 5.32 Å². The molecule has 4 nitrogen and oxygen atoms in total. The van der Waals surface area contributed by atoms with Gasteiger partial charge in [-0.05, 0) is 17.7 Å². The molecule has 1 amide bonds. The average Bonchev–Trinajstić information content (AvgIpc) is 2.55. The molecule has 2 rings (SSSR count). The third-order valence-electron chi connectivity index (χ3n) is 3.09. The number of carbonyl (C=O) groups excluding carboxylic acids is 2. The van der Waals surface area contributed by atoms with Crippen molar-refractivity contribution in [1.29, 1.82) is 5.26 Å². The number of Topliss-reactive ketones (excluding diaryl/α,β-unsaturated/α-hetero) is 1. The molecule has 1 atom stereocenters. The lowest BCUT2D eigenvalue weighted by Crippen LogP contribution is -2.34. The number of benzene rings is 2. The molecule has 0 unspecified atom stereocenters. The predicted molar refractivity (Wildman–Crippen MR) is 85.9 cm³/mol. The van der Waals surface area contributed by atoms with Crippen molar-refractivity contribution in [2.45, 2.75) is 6.54 Å². The molecule has 110 valence electrons. The number of nitriles is 1. The zero-order valence-electron chi connectivity index (χ0n) is 11.6. The zero-order chi connectivity index (χ0) is 15.9. The molecule has 2 aromatic carbocycles. The number of nitrogens with one attached hydrogen (secondary N) is 1. The molecule has 0 heterocycles. The summed E-state index contributed by atoms with van der Waals surface area (Å²) in [6.07, 6.45) is 0. The highest BCUT2D eigenvalue weighted by atomic mass is 79.9. The van der Waals surface area contributed by atoms with E-state index in [1.807, 2.05) is 30.3 Å². The second-order valence-electron chi connectivity index (χ2n) is 4.64. The quantitative estimate of drug-likeness (QED) is 0.660. The summed E-state index contributed by atoms with van der Waals surface area (Å²) in [5, 5.41) is 11.8. The Hall–Kier alpha value is -2.45. The fourth-order valence-corrected chi connectivity index (χ4v) is 2.17. The number of ketones is 1. The van der Waals surface area contributed by atoms with E-state index in [2.05, 4.69) is 21.2 Å². The molecule has 1 N–H and O–H groups in total. The van der Waals surface area contributed by atoms with Crippen molar-refractivity contribution in [3.05, 3.63) is 70.2 Å². The van der Waals surface area contributed by atoms with Gasteiger partial charge in [0.1, 0.15) is 0 Å². The van der Waals surface area contributed by atoms with Gasteiger partial charge in [-0.15, -0.1) is 0 Å². The summed E-state index contributed by atoms with van der Waals surface area (Å²) in [6.45, 7) is 0.283. The van der Waals surface area contributed by atoms with Crippen molar-refractivity contribution < 1.29 is 9.59 Å². The van der Waals surface area contributed by atoms with Crippen molar-refractivity contribution in [1.82, 2.24) is 5.32 Å². The molecule has 0 aliphatic heterocycles. The Balaban J connectivity index is 2.04. The van der Waals surface area contributed by atoms with Crippen LogP contribution in [0.3, 0.4) is 0 Å². The number of nitrogens with zero attached hydrogens (tertiary/aromatic N) is 1. The molecular formula is C17H13BrN2O2. The summed E-state index contributed by atoms with van der Waals surface area (Å²) in [7, 11) is 0. The Kier molecular flexibility index (Phi) is 5.45. The van der Waals surface area contributed by atoms with E-state index in [-0.39, 0.29) is 6.54 Å². The van der Waals surface area contributed by atoms with Crippen LogP contribution in [0.5, 0.6) is 0 Å². The fourth-order valence-electron chi connectivity index (χ4n) is 1.90. The van der Waals surface area contributed by atoms with E-state index in [4.69, 9.17) is 5.26 Å². The van der Waals surface area contributed by atoms with E-state index in [1.165, 1.54) is 0 Å². The first kappa shape index (κ1) is 15.9. The minimum Gasteiger partial charge on any atom is -0.350 e. The number of amides is 1. The van der Waals surface area contributed by atoms with Crippen LogP contribution in [0.1, 0.15) is 15.9 Å². The minimum atomic E-state index is -1.34. The molecule has 5 heteroatoms. The van der Waals surface area contributed by atoms with Crippen LogP contribution >= 0.6 is 15.9 Å². The van der Waals surface area contributed by atoms with Crippen molar-refractivity contribution in [2.24, 2.45) is 5.92 Å². The molecule has 2 aromatic rings. The Morgan fingerprint density at radius 1 is 1.09 bits per heavy atom. The number of halogens is 1. The summed E-state index contributed by atoms with van der Waals surface area (Å²) >= 11 is 3.27. The van der Waals surface area contributed by atoms with Gasteiger partial charge in [-0.3, -0.25) is 9.59 Å². The molecule has 0 radical (unpaired) electrons. The molecule has 0 spiro atoms. The molecule has 0 saturated carbocycles. The van der Waals surface area contributed by atoms with Gasteiger partial charge >= 0.3 is 0 Å². The second kappa shape index (κ2) is 7.53. The van der Waals surface area contributed by atoms with Crippen LogP contribution in [0, 0.1) is 17.2 Å². The van der Waals surface area contributed by atoms with Gasteiger partial charge in [0.15, 0.2) is 11.7 Å². The van der Waals surface area contributed by atoms with E-state index in [0.29, 0.717) is 5.56 Å². The highest BCUT2D eigenvalue weighted by molar-refractivity contribution is 9.10. The van der Waals surface area contributed by atoms with Crippen LogP contribution in [0.4, 0.5) is 0 Å². The summed E-state index contributed by atoms with van der Waals surface area (Å²) in [6, 6.07) is 17.7. The van der Waals surface area contributed by atoms with Crippen LogP contribution in [0.15, 0.2) is 59.1 Å². The maximum absolute atomic E-state index is 12.2. The lowest BCUT2D eigenvalue weighted by Gasteiger charge is -2.10. The largest absolute Gasteiger partial charge is 0.350 e. The van der Waals surface area contributed by atoms with Gasteiger partial charge in [-0.1, -0.05) is 58.4 Å². The van der Waals surface area contributed by atoms with E-state index in [9.17, 15) is 9.59 Å². The maximum atomic E-state index is 12.2. The predicted octanol–water partition coefficient (Wildman–Crippen LogP) is 3.09. The highest BCUT2D eigenvalue weighted by Gasteiger charge is 2.27. The summed E-state index contributed by atoms with van der Waals surface area (Å²) in [5.41, 5.74) is 1.24. The first-order valence-electron chi connectivity index (χ1n) is 6.63. The Bertz CT molecular complexity index is 706. The Morgan fingerprint density at radius 2 is 1.73 bits per heavy atom. The second-order valence-corrected chi connectivity index (χ2v) is 5.55. The standard InChI is InChI=1S/C17H13BrN2O2/c18-14-8-6-13(7-9-14)16(21)15(10-19)17(22)20-11-12-4-2-1-3-5-12/h1-9,15H,11H2,(H,20,22)/t15-/m1/s1. The van der Waals surface area contributed by atoms with Crippen molar-refractivity contribution in [2.75, 3.05) is 0 Å². The van der Waals surface area contributed by atoms with E-state index in [1.54, 1.807) is 30.3 Å². The first-order valence-corrected chi connectivity index (χ1v) is 7.42. The monoisotopic (exact) mass is 356 g/mol. The van der Waals surface area contributed by atoms with E-state index in [0.717, 1.165) is 10.0 Å². The van der Waals surface area contributed by atoms with Crippen LogP contribution in [-0.4, -0.2) is 11.7 Å². The van der Waals surface area contributed by atoms with Gasteiger partial charge in [0.05, 0.1) is 6.07 Å². The first-order chi connectivity index (χ1) is 10.6.